The van der Waals surface area contributed by atoms with Gasteiger partial charge < -0.3 is 15.3 Å². The molecule has 2 heterocycles. The van der Waals surface area contributed by atoms with E-state index in [1.165, 1.54) is 11.3 Å². The zero-order chi connectivity index (χ0) is 21.3. The van der Waals surface area contributed by atoms with Crippen molar-refractivity contribution >= 4 is 16.5 Å². The minimum atomic E-state index is -0.895. The van der Waals surface area contributed by atoms with E-state index < -0.39 is 6.17 Å². The molecule has 160 valence electrons. The van der Waals surface area contributed by atoms with Gasteiger partial charge in [0.15, 0.2) is 5.01 Å². The third-order valence-corrected chi connectivity index (χ3v) is 6.91. The smallest absolute Gasteiger partial charge is 0.208 e. The highest BCUT2D eigenvalue weighted by Gasteiger charge is 2.32. The van der Waals surface area contributed by atoms with E-state index in [2.05, 4.69) is 20.6 Å². The minimum Gasteiger partial charge on any atom is -0.507 e. The molecule has 2 unspecified atom stereocenters. The van der Waals surface area contributed by atoms with Crippen molar-refractivity contribution in [1.82, 2.24) is 25.3 Å². The number of nitrogens with one attached hydrogen (secondary N) is 1. The largest absolute Gasteiger partial charge is 0.507 e. The number of nitrogens with zero attached hydrogens (tertiary/aromatic N) is 5. The van der Waals surface area contributed by atoms with Crippen molar-refractivity contribution < 1.29 is 9.50 Å². The lowest BCUT2D eigenvalue weighted by atomic mass is 10.0. The van der Waals surface area contributed by atoms with E-state index in [0.717, 1.165) is 30.4 Å². The number of aromatic nitrogens is 4. The maximum absolute atomic E-state index is 14.8. The van der Waals surface area contributed by atoms with Crippen molar-refractivity contribution in [3.8, 4) is 27.4 Å². The van der Waals surface area contributed by atoms with Crippen molar-refractivity contribution in [2.45, 2.75) is 43.9 Å². The summed E-state index contributed by atoms with van der Waals surface area (Å²) >= 11 is 1.37. The van der Waals surface area contributed by atoms with Crippen LogP contribution in [0.2, 0.25) is 0 Å². The van der Waals surface area contributed by atoms with Gasteiger partial charge >= 0.3 is 0 Å². The van der Waals surface area contributed by atoms with Crippen LogP contribution < -0.4 is 10.2 Å². The van der Waals surface area contributed by atoms with Crippen LogP contribution in [-0.2, 0) is 7.05 Å². The number of hydrogen-bond donors (Lipinski definition) is 2. The standard InChI is InChI=1S/C21H27FN6OS/c1-23-15-5-4-6-17(22)18(10-15)28(3)21-26-25-20(30-21)16-8-7-13(9-19(16)29)14-11-24-27(2)12-14/h7-9,11-12,15,17-18,23,29H,4-6,10H2,1-3H3/t15?,17?,18-/m0/s1. The molecule has 0 aliphatic heterocycles. The number of benzene rings is 1. The Morgan fingerprint density at radius 2 is 2.10 bits per heavy atom. The van der Waals surface area contributed by atoms with Crippen LogP contribution in [0.25, 0.3) is 21.7 Å². The van der Waals surface area contributed by atoms with Crippen LogP contribution in [0, 0.1) is 0 Å². The SMILES string of the molecule is CNC1CCCC(F)[C@@H](N(C)c2nnc(-c3ccc(-c4cnn(C)c4)cc3O)s2)C1. The zero-order valence-corrected chi connectivity index (χ0v) is 18.2. The first-order chi connectivity index (χ1) is 14.5. The molecule has 30 heavy (non-hydrogen) atoms. The van der Waals surface area contributed by atoms with E-state index in [1.54, 1.807) is 16.9 Å². The molecule has 1 aliphatic rings. The maximum Gasteiger partial charge on any atom is 0.208 e. The number of rotatable bonds is 5. The molecule has 3 aromatic rings. The van der Waals surface area contributed by atoms with E-state index >= 15 is 0 Å². The molecule has 1 fully saturated rings. The van der Waals surface area contributed by atoms with Gasteiger partial charge in [0, 0.05) is 31.9 Å². The fraction of sp³-hybridized carbons (Fsp3) is 0.476. The van der Waals surface area contributed by atoms with Crippen LogP contribution in [0.4, 0.5) is 9.52 Å². The lowest BCUT2D eigenvalue weighted by molar-refractivity contribution is 0.258. The number of halogens is 1. The molecular formula is C21H27FN6OS. The summed E-state index contributed by atoms with van der Waals surface area (Å²) in [6.07, 6.45) is 5.92. The maximum atomic E-state index is 14.8. The number of aryl methyl sites for hydroxylation is 1. The molecule has 1 aromatic carbocycles. The normalized spacial score (nSPS) is 22.1. The minimum absolute atomic E-state index is 0.134. The topological polar surface area (TPSA) is 79.1 Å². The van der Waals surface area contributed by atoms with Crippen LogP contribution in [-0.4, -0.2) is 57.4 Å². The Morgan fingerprint density at radius 3 is 2.80 bits per heavy atom. The van der Waals surface area contributed by atoms with Gasteiger partial charge in [0.05, 0.1) is 17.8 Å². The summed E-state index contributed by atoms with van der Waals surface area (Å²) in [4.78, 5) is 1.91. The van der Waals surface area contributed by atoms with E-state index in [1.807, 2.05) is 44.4 Å². The van der Waals surface area contributed by atoms with Gasteiger partial charge in [-0.05, 0) is 50.4 Å². The van der Waals surface area contributed by atoms with Crippen LogP contribution in [0.5, 0.6) is 5.75 Å². The van der Waals surface area contributed by atoms with Crippen molar-refractivity contribution in [1.29, 1.82) is 0 Å². The molecule has 7 nitrogen and oxygen atoms in total. The molecule has 0 saturated heterocycles. The number of phenols is 1. The fourth-order valence-corrected chi connectivity index (χ4v) is 4.94. The predicted molar refractivity (Wildman–Crippen MR) is 118 cm³/mol. The summed E-state index contributed by atoms with van der Waals surface area (Å²) in [6.45, 7) is 0. The van der Waals surface area contributed by atoms with E-state index in [4.69, 9.17) is 0 Å². The van der Waals surface area contributed by atoms with Crippen LogP contribution in [0.1, 0.15) is 25.7 Å². The second-order valence-corrected chi connectivity index (χ2v) is 8.83. The first-order valence-corrected chi connectivity index (χ1v) is 11.0. The number of aromatic hydroxyl groups is 1. The Labute approximate surface area is 179 Å². The summed E-state index contributed by atoms with van der Waals surface area (Å²) < 4.78 is 16.5. The summed E-state index contributed by atoms with van der Waals surface area (Å²) in [5, 5.41) is 27.9. The monoisotopic (exact) mass is 430 g/mol. The molecule has 2 aromatic heterocycles. The van der Waals surface area contributed by atoms with Crippen LogP contribution in [0.15, 0.2) is 30.6 Å². The second kappa shape index (κ2) is 8.69. The van der Waals surface area contributed by atoms with Gasteiger partial charge in [-0.15, -0.1) is 10.2 Å². The molecule has 0 radical (unpaired) electrons. The molecule has 0 bridgehead atoms. The van der Waals surface area contributed by atoms with Crippen molar-refractivity contribution in [3.63, 3.8) is 0 Å². The third-order valence-electron chi connectivity index (χ3n) is 5.86. The number of hydrogen-bond acceptors (Lipinski definition) is 7. The third kappa shape index (κ3) is 4.17. The lowest BCUT2D eigenvalue weighted by Gasteiger charge is -2.30. The Hall–Kier alpha value is -2.52. The van der Waals surface area contributed by atoms with Crippen molar-refractivity contribution in [3.05, 3.63) is 30.6 Å². The number of alkyl halides is 1. The molecular weight excluding hydrogens is 403 g/mol. The summed E-state index contributed by atoms with van der Waals surface area (Å²) in [5.74, 6) is 0.134. The van der Waals surface area contributed by atoms with Gasteiger partial charge in [-0.25, -0.2) is 4.39 Å². The summed E-state index contributed by atoms with van der Waals surface area (Å²) in [5.41, 5.74) is 2.42. The Balaban J connectivity index is 1.56. The highest BCUT2D eigenvalue weighted by molar-refractivity contribution is 7.18. The molecule has 4 rings (SSSR count). The van der Waals surface area contributed by atoms with Gasteiger partial charge in [0.25, 0.3) is 0 Å². The molecule has 9 heteroatoms. The highest BCUT2D eigenvalue weighted by atomic mass is 32.1. The van der Waals surface area contributed by atoms with Gasteiger partial charge in [-0.2, -0.15) is 5.10 Å². The molecule has 0 spiro atoms. The average Bonchev–Trinajstić information content (AvgIpc) is 3.35. The Kier molecular flexibility index (Phi) is 6.01. The lowest BCUT2D eigenvalue weighted by Crippen LogP contribution is -2.42. The Morgan fingerprint density at radius 1 is 1.27 bits per heavy atom. The summed E-state index contributed by atoms with van der Waals surface area (Å²) in [6, 6.07) is 5.53. The average molecular weight is 431 g/mol. The second-order valence-electron chi connectivity index (χ2n) is 7.87. The first-order valence-electron chi connectivity index (χ1n) is 10.2. The molecule has 3 atom stereocenters. The van der Waals surface area contributed by atoms with Gasteiger partial charge in [0.2, 0.25) is 5.13 Å². The summed E-state index contributed by atoms with van der Waals surface area (Å²) in [7, 11) is 5.66. The predicted octanol–water partition coefficient (Wildman–Crippen LogP) is 3.62. The van der Waals surface area contributed by atoms with Gasteiger partial charge in [0.1, 0.15) is 11.9 Å². The van der Waals surface area contributed by atoms with E-state index in [0.29, 0.717) is 28.2 Å². The van der Waals surface area contributed by atoms with Crippen LogP contribution in [0.3, 0.4) is 0 Å². The molecule has 1 saturated carbocycles. The van der Waals surface area contributed by atoms with Gasteiger partial charge in [-0.1, -0.05) is 17.4 Å². The van der Waals surface area contributed by atoms with E-state index in [9.17, 15) is 9.50 Å². The van der Waals surface area contributed by atoms with Gasteiger partial charge in [-0.3, -0.25) is 4.68 Å². The highest BCUT2D eigenvalue weighted by Crippen LogP contribution is 2.38. The first kappa shape index (κ1) is 20.7. The molecule has 0 amide bonds. The molecule has 2 N–H and O–H groups in total. The fourth-order valence-electron chi connectivity index (χ4n) is 4.04. The van der Waals surface area contributed by atoms with E-state index in [-0.39, 0.29) is 11.8 Å². The van der Waals surface area contributed by atoms with Crippen LogP contribution >= 0.6 is 11.3 Å². The molecule has 1 aliphatic carbocycles. The number of phenolic OH excluding ortho intramolecular Hbond substituents is 1. The quantitative estimate of drug-likeness (QED) is 0.602. The van der Waals surface area contributed by atoms with Crippen molar-refractivity contribution in [2.24, 2.45) is 7.05 Å². The van der Waals surface area contributed by atoms with Crippen molar-refractivity contribution in [2.75, 3.05) is 19.0 Å². The zero-order valence-electron chi connectivity index (χ0n) is 17.4. The number of anilines is 1. The Bertz CT molecular complexity index is 1010.